The highest BCUT2D eigenvalue weighted by Gasteiger charge is 2.37. The highest BCUT2D eigenvalue weighted by Crippen LogP contribution is 2.36. The fourth-order valence-electron chi connectivity index (χ4n) is 2.56. The third kappa shape index (κ3) is 6.34. The van der Waals surface area contributed by atoms with Crippen LogP contribution in [0.4, 0.5) is 26.3 Å². The van der Waals surface area contributed by atoms with E-state index in [4.69, 9.17) is 0 Å². The van der Waals surface area contributed by atoms with E-state index in [0.29, 0.717) is 17.7 Å². The molecule has 0 unspecified atom stereocenters. The van der Waals surface area contributed by atoms with Crippen molar-refractivity contribution in [2.75, 3.05) is 7.11 Å². The molecule has 0 saturated heterocycles. The second-order valence-corrected chi connectivity index (χ2v) is 7.42. The highest BCUT2D eigenvalue weighted by molar-refractivity contribution is 14.1. The third-order valence-corrected chi connectivity index (χ3v) is 4.64. The topological polar surface area (TPSA) is 55.4 Å². The molecular weight excluding hydrogens is 531 g/mol. The summed E-state index contributed by atoms with van der Waals surface area (Å²) in [5.74, 6) is -2.17. The summed E-state index contributed by atoms with van der Waals surface area (Å²) >= 11 is 2.02. The van der Waals surface area contributed by atoms with E-state index in [1.54, 1.807) is 24.3 Å². The summed E-state index contributed by atoms with van der Waals surface area (Å²) in [4.78, 5) is 24.5. The van der Waals surface area contributed by atoms with E-state index >= 15 is 0 Å². The number of ether oxygens (including phenoxy) is 1. The molecule has 0 heterocycles. The maximum atomic E-state index is 13.0. The normalized spacial score (nSPS) is 12.9. The summed E-state index contributed by atoms with van der Waals surface area (Å²) in [7, 11) is 1.04. The molecule has 0 bridgehead atoms. The SMILES string of the molecule is COC(=O)[C@H](Cc1cccc(I)c1)NC(=O)c1cc(C(F)(F)F)cc(C(F)(F)F)c1. The number of hydrogen-bond donors (Lipinski definition) is 1. The molecule has 0 aliphatic carbocycles. The summed E-state index contributed by atoms with van der Waals surface area (Å²) in [5, 5.41) is 2.16. The van der Waals surface area contributed by atoms with Crippen LogP contribution in [-0.4, -0.2) is 25.0 Å². The number of hydrogen-bond acceptors (Lipinski definition) is 3. The molecule has 30 heavy (non-hydrogen) atoms. The van der Waals surface area contributed by atoms with Gasteiger partial charge in [-0.25, -0.2) is 4.79 Å². The smallest absolute Gasteiger partial charge is 0.416 e. The van der Waals surface area contributed by atoms with Crippen molar-refractivity contribution in [3.05, 3.63) is 68.3 Å². The van der Waals surface area contributed by atoms with Gasteiger partial charge >= 0.3 is 18.3 Å². The van der Waals surface area contributed by atoms with E-state index in [2.05, 4.69) is 10.1 Å². The van der Waals surface area contributed by atoms with Crippen molar-refractivity contribution in [2.24, 2.45) is 0 Å². The van der Waals surface area contributed by atoms with E-state index in [9.17, 15) is 35.9 Å². The van der Waals surface area contributed by atoms with Gasteiger partial charge < -0.3 is 10.1 Å². The number of rotatable bonds is 5. The molecule has 0 fully saturated rings. The number of benzene rings is 2. The van der Waals surface area contributed by atoms with Crippen LogP contribution in [0.5, 0.6) is 0 Å². The lowest BCUT2D eigenvalue weighted by molar-refractivity contribution is -0.144. The zero-order valence-corrected chi connectivity index (χ0v) is 17.4. The predicted molar refractivity (Wildman–Crippen MR) is 103 cm³/mol. The lowest BCUT2D eigenvalue weighted by atomic mass is 10.0. The largest absolute Gasteiger partial charge is 0.467 e. The first-order valence-electron chi connectivity index (χ1n) is 8.24. The van der Waals surface area contributed by atoms with Gasteiger partial charge in [-0.2, -0.15) is 26.3 Å². The number of halogens is 7. The van der Waals surface area contributed by atoms with Gasteiger partial charge in [-0.3, -0.25) is 4.79 Å². The van der Waals surface area contributed by atoms with Gasteiger partial charge in [0.25, 0.3) is 5.91 Å². The van der Waals surface area contributed by atoms with Crippen LogP contribution < -0.4 is 5.32 Å². The Bertz CT molecular complexity index is 910. The van der Waals surface area contributed by atoms with Crippen molar-refractivity contribution >= 4 is 34.5 Å². The molecule has 1 N–H and O–H groups in total. The Morgan fingerprint density at radius 2 is 1.57 bits per heavy atom. The number of carbonyl (C=O) groups excluding carboxylic acids is 2. The zero-order chi connectivity index (χ0) is 22.7. The Morgan fingerprint density at radius 1 is 1.00 bits per heavy atom. The fraction of sp³-hybridized carbons (Fsp3) is 0.263. The first kappa shape index (κ1) is 24.0. The lowest BCUT2D eigenvalue weighted by Gasteiger charge is -2.18. The lowest BCUT2D eigenvalue weighted by Crippen LogP contribution is -2.43. The number of alkyl halides is 6. The quantitative estimate of drug-likeness (QED) is 0.333. The first-order chi connectivity index (χ1) is 13.8. The van der Waals surface area contributed by atoms with Gasteiger partial charge in [0.1, 0.15) is 6.04 Å². The van der Waals surface area contributed by atoms with Crippen molar-refractivity contribution in [3.63, 3.8) is 0 Å². The van der Waals surface area contributed by atoms with E-state index in [1.807, 2.05) is 22.6 Å². The maximum Gasteiger partial charge on any atom is 0.416 e. The molecule has 0 aliphatic heterocycles. The molecule has 2 aromatic rings. The Balaban J connectivity index is 2.37. The Hall–Kier alpha value is -2.31. The van der Waals surface area contributed by atoms with E-state index in [0.717, 1.165) is 10.7 Å². The molecule has 0 aromatic heterocycles. The van der Waals surface area contributed by atoms with Crippen molar-refractivity contribution in [1.82, 2.24) is 5.32 Å². The second-order valence-electron chi connectivity index (χ2n) is 6.18. The van der Waals surface area contributed by atoms with Crippen molar-refractivity contribution in [2.45, 2.75) is 24.8 Å². The molecular formula is C19H14F6INO3. The second kappa shape index (κ2) is 9.23. The predicted octanol–water partition coefficient (Wildman–Crippen LogP) is 4.84. The van der Waals surface area contributed by atoms with Crippen LogP contribution in [0.2, 0.25) is 0 Å². The minimum absolute atomic E-state index is 0.0691. The number of nitrogens with one attached hydrogen (secondary N) is 1. The number of amides is 1. The number of methoxy groups -OCH3 is 1. The van der Waals surface area contributed by atoms with Crippen molar-refractivity contribution in [1.29, 1.82) is 0 Å². The van der Waals surface area contributed by atoms with Gasteiger partial charge in [0.15, 0.2) is 0 Å². The molecule has 162 valence electrons. The van der Waals surface area contributed by atoms with Gasteiger partial charge in [-0.15, -0.1) is 0 Å². The summed E-state index contributed by atoms with van der Waals surface area (Å²) in [6.45, 7) is 0. The monoisotopic (exact) mass is 545 g/mol. The summed E-state index contributed by atoms with van der Waals surface area (Å²) in [6, 6.07) is 6.01. The molecule has 4 nitrogen and oxygen atoms in total. The van der Waals surface area contributed by atoms with Crippen molar-refractivity contribution < 1.29 is 40.7 Å². The van der Waals surface area contributed by atoms with Gasteiger partial charge in [0, 0.05) is 15.6 Å². The summed E-state index contributed by atoms with van der Waals surface area (Å²) in [6.07, 6.45) is -10.3. The average molecular weight is 545 g/mol. The van der Waals surface area contributed by atoms with Crippen molar-refractivity contribution in [3.8, 4) is 0 Å². The molecule has 1 atom stereocenters. The zero-order valence-electron chi connectivity index (χ0n) is 15.2. The molecule has 0 aliphatic rings. The minimum atomic E-state index is -5.10. The van der Waals surface area contributed by atoms with Crippen LogP contribution in [0, 0.1) is 3.57 Å². The van der Waals surface area contributed by atoms with Crippen LogP contribution in [0.1, 0.15) is 27.0 Å². The van der Waals surface area contributed by atoms with Gasteiger partial charge in [0.05, 0.1) is 18.2 Å². The Kier molecular flexibility index (Phi) is 7.37. The van der Waals surface area contributed by atoms with Gasteiger partial charge in [-0.05, 0) is 58.5 Å². The molecule has 1 amide bonds. The molecule has 0 spiro atoms. The highest BCUT2D eigenvalue weighted by atomic mass is 127. The average Bonchev–Trinajstić information content (AvgIpc) is 2.65. The summed E-state index contributed by atoms with van der Waals surface area (Å²) < 4.78 is 83.4. The molecule has 0 radical (unpaired) electrons. The molecule has 2 aromatic carbocycles. The van der Waals surface area contributed by atoms with E-state index < -0.39 is 47.0 Å². The molecule has 2 rings (SSSR count). The van der Waals surface area contributed by atoms with E-state index in [-0.39, 0.29) is 12.5 Å². The first-order valence-corrected chi connectivity index (χ1v) is 9.31. The number of carbonyl (C=O) groups is 2. The van der Waals surface area contributed by atoms with Crippen LogP contribution >= 0.6 is 22.6 Å². The molecule has 0 saturated carbocycles. The maximum absolute atomic E-state index is 13.0. The minimum Gasteiger partial charge on any atom is -0.467 e. The van der Waals surface area contributed by atoms with Crippen LogP contribution in [-0.2, 0) is 28.3 Å². The molecule has 11 heteroatoms. The third-order valence-electron chi connectivity index (χ3n) is 3.97. The standard InChI is InChI=1S/C19H14F6INO3/c1-30-17(29)15(6-10-3-2-4-14(26)5-10)27-16(28)11-7-12(18(20,21)22)9-13(8-11)19(23,24)25/h2-5,7-9,15H,6H2,1H3,(H,27,28)/t15-/m0/s1. The Labute approximate surface area is 180 Å². The van der Waals surface area contributed by atoms with Crippen LogP contribution in [0.3, 0.4) is 0 Å². The Morgan fingerprint density at radius 3 is 2.03 bits per heavy atom. The fourth-order valence-corrected chi connectivity index (χ4v) is 3.17. The van der Waals surface area contributed by atoms with Crippen LogP contribution in [0.25, 0.3) is 0 Å². The van der Waals surface area contributed by atoms with Gasteiger partial charge in [-0.1, -0.05) is 12.1 Å². The van der Waals surface area contributed by atoms with E-state index in [1.165, 1.54) is 0 Å². The summed E-state index contributed by atoms with van der Waals surface area (Å²) in [5.41, 5.74) is -3.53. The van der Waals surface area contributed by atoms with Crippen LogP contribution in [0.15, 0.2) is 42.5 Å². The van der Waals surface area contributed by atoms with Gasteiger partial charge in [0.2, 0.25) is 0 Å². The number of esters is 1.